The van der Waals surface area contributed by atoms with Gasteiger partial charge in [-0.1, -0.05) is 0 Å². The highest BCUT2D eigenvalue weighted by Crippen LogP contribution is 2.09. The Morgan fingerprint density at radius 3 is 2.58 bits per heavy atom. The summed E-state index contributed by atoms with van der Waals surface area (Å²) < 4.78 is 40.6. The quantitative estimate of drug-likeness (QED) is 0.866. The summed E-state index contributed by atoms with van der Waals surface area (Å²) in [5, 5.41) is 7.55. The van der Waals surface area contributed by atoms with Gasteiger partial charge < -0.3 is 4.57 Å². The summed E-state index contributed by atoms with van der Waals surface area (Å²) in [6, 6.07) is 4.66. The minimum atomic E-state index is -3.62. The van der Waals surface area contributed by atoms with Gasteiger partial charge in [0.1, 0.15) is 18.0 Å². The van der Waals surface area contributed by atoms with Crippen molar-refractivity contribution in [2.75, 3.05) is 6.54 Å². The average molecular weight is 284 g/mol. The molecule has 0 spiro atoms. The van der Waals surface area contributed by atoms with Gasteiger partial charge in [0, 0.05) is 20.0 Å². The van der Waals surface area contributed by atoms with Crippen LogP contribution in [0, 0.1) is 5.82 Å². The van der Waals surface area contributed by atoms with E-state index in [1.807, 2.05) is 0 Å². The summed E-state index contributed by atoms with van der Waals surface area (Å²) in [5.41, 5.74) is 0. The average Bonchev–Trinajstić information content (AvgIpc) is 2.75. The van der Waals surface area contributed by atoms with Crippen LogP contribution >= 0.6 is 0 Å². The summed E-state index contributed by atoms with van der Waals surface area (Å²) in [6.45, 7) is 0.201. The van der Waals surface area contributed by atoms with E-state index in [-0.39, 0.29) is 11.4 Å². The van der Waals surface area contributed by atoms with Crippen LogP contribution < -0.4 is 4.72 Å². The molecule has 1 heterocycles. The molecule has 1 N–H and O–H groups in total. The summed E-state index contributed by atoms with van der Waals surface area (Å²) in [4.78, 5) is 0.0341. The Morgan fingerprint density at radius 2 is 2.00 bits per heavy atom. The normalized spacial score (nSPS) is 11.7. The number of rotatable bonds is 5. The third-order valence-electron chi connectivity index (χ3n) is 2.57. The van der Waals surface area contributed by atoms with E-state index in [1.165, 1.54) is 12.1 Å². The second-order valence-electron chi connectivity index (χ2n) is 3.96. The van der Waals surface area contributed by atoms with Crippen molar-refractivity contribution in [2.24, 2.45) is 7.05 Å². The molecule has 0 saturated carbocycles. The van der Waals surface area contributed by atoms with Crippen molar-refractivity contribution < 1.29 is 12.8 Å². The molecule has 0 saturated heterocycles. The molecule has 0 unspecified atom stereocenters. The van der Waals surface area contributed by atoms with Crippen LogP contribution in [0.2, 0.25) is 0 Å². The zero-order chi connectivity index (χ0) is 13.9. The number of sulfonamides is 1. The van der Waals surface area contributed by atoms with Gasteiger partial charge in [-0.2, -0.15) is 0 Å². The number of benzene rings is 1. The number of aromatic nitrogens is 3. The summed E-state index contributed by atoms with van der Waals surface area (Å²) in [7, 11) is -1.84. The van der Waals surface area contributed by atoms with Crippen molar-refractivity contribution in [3.8, 4) is 0 Å². The van der Waals surface area contributed by atoms with E-state index in [0.29, 0.717) is 12.2 Å². The van der Waals surface area contributed by atoms with Gasteiger partial charge in [0.2, 0.25) is 10.0 Å². The van der Waals surface area contributed by atoms with Crippen LogP contribution in [-0.2, 0) is 23.5 Å². The molecule has 0 atom stereocenters. The molecule has 0 radical (unpaired) electrons. The van der Waals surface area contributed by atoms with Gasteiger partial charge in [-0.3, -0.25) is 0 Å². The summed E-state index contributed by atoms with van der Waals surface area (Å²) >= 11 is 0. The smallest absolute Gasteiger partial charge is 0.240 e. The van der Waals surface area contributed by atoms with E-state index in [0.717, 1.165) is 12.1 Å². The highest BCUT2D eigenvalue weighted by atomic mass is 32.2. The van der Waals surface area contributed by atoms with Crippen LogP contribution in [0.5, 0.6) is 0 Å². The Bertz CT molecular complexity index is 652. The molecule has 0 aliphatic rings. The van der Waals surface area contributed by atoms with Crippen LogP contribution in [0.4, 0.5) is 4.39 Å². The molecule has 0 fully saturated rings. The first-order chi connectivity index (χ1) is 8.99. The van der Waals surface area contributed by atoms with Gasteiger partial charge >= 0.3 is 0 Å². The fraction of sp³-hybridized carbons (Fsp3) is 0.273. The lowest BCUT2D eigenvalue weighted by atomic mass is 10.4. The lowest BCUT2D eigenvalue weighted by Crippen LogP contribution is -2.26. The van der Waals surface area contributed by atoms with Gasteiger partial charge in [0.15, 0.2) is 0 Å². The minimum Gasteiger partial charge on any atom is -0.321 e. The first kappa shape index (κ1) is 13.6. The Kier molecular flexibility index (Phi) is 3.91. The lowest BCUT2D eigenvalue weighted by Gasteiger charge is -2.06. The van der Waals surface area contributed by atoms with E-state index < -0.39 is 15.8 Å². The molecule has 2 rings (SSSR count). The van der Waals surface area contributed by atoms with Crippen LogP contribution in [0.15, 0.2) is 35.5 Å². The molecule has 0 aliphatic heterocycles. The Hall–Kier alpha value is -1.80. The molecule has 2 aromatic rings. The highest BCUT2D eigenvalue weighted by Gasteiger charge is 2.13. The Balaban J connectivity index is 1.98. The van der Waals surface area contributed by atoms with E-state index >= 15 is 0 Å². The van der Waals surface area contributed by atoms with Gasteiger partial charge in [-0.25, -0.2) is 17.5 Å². The second-order valence-corrected chi connectivity index (χ2v) is 5.73. The fourth-order valence-corrected chi connectivity index (χ4v) is 2.56. The van der Waals surface area contributed by atoms with E-state index in [2.05, 4.69) is 14.9 Å². The highest BCUT2D eigenvalue weighted by molar-refractivity contribution is 7.89. The minimum absolute atomic E-state index is 0.0341. The van der Waals surface area contributed by atoms with Gasteiger partial charge in [0.25, 0.3) is 0 Å². The van der Waals surface area contributed by atoms with Gasteiger partial charge in [0.05, 0.1) is 4.90 Å². The molecule has 6 nitrogen and oxygen atoms in total. The van der Waals surface area contributed by atoms with Crippen molar-refractivity contribution in [2.45, 2.75) is 11.3 Å². The maximum Gasteiger partial charge on any atom is 0.240 e. The maximum absolute atomic E-state index is 12.7. The molecule has 0 bridgehead atoms. The fourth-order valence-electron chi connectivity index (χ4n) is 1.53. The predicted molar refractivity (Wildman–Crippen MR) is 66.3 cm³/mol. The molecule has 1 aromatic heterocycles. The van der Waals surface area contributed by atoms with Crippen molar-refractivity contribution in [3.05, 3.63) is 42.2 Å². The van der Waals surface area contributed by atoms with Crippen LogP contribution in [0.1, 0.15) is 5.82 Å². The Morgan fingerprint density at radius 1 is 1.32 bits per heavy atom. The summed E-state index contributed by atoms with van der Waals surface area (Å²) in [5.74, 6) is 0.208. The largest absolute Gasteiger partial charge is 0.321 e. The number of halogens is 1. The van der Waals surface area contributed by atoms with Crippen LogP contribution in [0.3, 0.4) is 0 Å². The number of hydrogen-bond donors (Lipinski definition) is 1. The number of hydrogen-bond acceptors (Lipinski definition) is 4. The van der Waals surface area contributed by atoms with E-state index in [4.69, 9.17) is 0 Å². The predicted octanol–water partition coefficient (Wildman–Crippen LogP) is 0.475. The number of nitrogens with zero attached hydrogens (tertiary/aromatic N) is 3. The molecular formula is C11H13FN4O2S. The zero-order valence-electron chi connectivity index (χ0n) is 10.2. The first-order valence-electron chi connectivity index (χ1n) is 5.57. The first-order valence-corrected chi connectivity index (χ1v) is 7.05. The van der Waals surface area contributed by atoms with Crippen molar-refractivity contribution >= 4 is 10.0 Å². The number of aryl methyl sites for hydroxylation is 1. The molecule has 102 valence electrons. The van der Waals surface area contributed by atoms with Crippen molar-refractivity contribution in [1.29, 1.82) is 0 Å². The molecule has 0 amide bonds. The Labute approximate surface area is 110 Å². The third-order valence-corrected chi connectivity index (χ3v) is 4.05. The lowest BCUT2D eigenvalue weighted by molar-refractivity contribution is 0.579. The molecule has 1 aromatic carbocycles. The van der Waals surface area contributed by atoms with Crippen LogP contribution in [0.25, 0.3) is 0 Å². The molecular weight excluding hydrogens is 271 g/mol. The van der Waals surface area contributed by atoms with Crippen molar-refractivity contribution in [3.63, 3.8) is 0 Å². The van der Waals surface area contributed by atoms with Crippen LogP contribution in [-0.4, -0.2) is 29.7 Å². The van der Waals surface area contributed by atoms with Crippen molar-refractivity contribution in [1.82, 2.24) is 19.5 Å². The second kappa shape index (κ2) is 5.45. The van der Waals surface area contributed by atoms with Gasteiger partial charge in [-0.05, 0) is 24.3 Å². The standard InChI is InChI=1S/C11H13FN4O2S/c1-16-8-13-15-11(16)6-7-14-19(17,18)10-4-2-9(12)3-5-10/h2-5,8,14H,6-7H2,1H3. The maximum atomic E-state index is 12.7. The topological polar surface area (TPSA) is 76.9 Å². The monoisotopic (exact) mass is 284 g/mol. The zero-order valence-corrected chi connectivity index (χ0v) is 11.1. The van der Waals surface area contributed by atoms with E-state index in [9.17, 15) is 12.8 Å². The SMILES string of the molecule is Cn1cnnc1CCNS(=O)(=O)c1ccc(F)cc1. The molecule has 8 heteroatoms. The summed E-state index contributed by atoms with van der Waals surface area (Å²) in [6.07, 6.45) is 1.97. The van der Waals surface area contributed by atoms with Gasteiger partial charge in [-0.15, -0.1) is 10.2 Å². The number of nitrogens with one attached hydrogen (secondary N) is 1. The van der Waals surface area contributed by atoms with E-state index in [1.54, 1.807) is 17.9 Å². The third kappa shape index (κ3) is 3.36. The molecule has 19 heavy (non-hydrogen) atoms. The molecule has 0 aliphatic carbocycles.